The summed E-state index contributed by atoms with van der Waals surface area (Å²) in [5.41, 5.74) is 6.45. The molecule has 122 valence electrons. The Morgan fingerprint density at radius 2 is 2.00 bits per heavy atom. The van der Waals surface area contributed by atoms with Crippen molar-refractivity contribution >= 4 is 40.3 Å². The van der Waals surface area contributed by atoms with Crippen molar-refractivity contribution in [1.29, 1.82) is 0 Å². The number of anilines is 2. The Hall–Kier alpha value is -1.97. The number of rotatable bonds is 3. The second-order valence-corrected chi connectivity index (χ2v) is 6.40. The largest absolute Gasteiger partial charge is 0.375 e. The first-order chi connectivity index (χ1) is 10.8. The summed E-state index contributed by atoms with van der Waals surface area (Å²) in [6.07, 6.45) is 3.50. The van der Waals surface area contributed by atoms with Gasteiger partial charge in [-0.05, 0) is 12.1 Å². The van der Waals surface area contributed by atoms with Crippen molar-refractivity contribution in [2.75, 3.05) is 36.8 Å². The van der Waals surface area contributed by atoms with Crippen molar-refractivity contribution < 1.29 is 0 Å². The summed E-state index contributed by atoms with van der Waals surface area (Å²) in [5, 5.41) is 13.0. The van der Waals surface area contributed by atoms with Gasteiger partial charge in [0, 0.05) is 43.8 Å². The Labute approximate surface area is 143 Å². The lowest BCUT2D eigenvalue weighted by Crippen LogP contribution is -2.46. The van der Waals surface area contributed by atoms with Crippen molar-refractivity contribution in [3.8, 4) is 0 Å². The molecule has 10 heteroatoms. The van der Waals surface area contributed by atoms with Crippen LogP contribution in [0.25, 0.3) is 5.65 Å². The minimum atomic E-state index is 0. The molecule has 0 radical (unpaired) electrons. The number of fused-ring (bicyclic) bond motifs is 1. The molecule has 3 aromatic rings. The van der Waals surface area contributed by atoms with Crippen LogP contribution in [0.4, 0.5) is 10.9 Å². The Morgan fingerprint density at radius 1 is 1.17 bits per heavy atom. The molecule has 0 unspecified atom stereocenters. The Morgan fingerprint density at radius 3 is 2.74 bits per heavy atom. The van der Waals surface area contributed by atoms with Crippen LogP contribution < -0.4 is 10.6 Å². The molecule has 4 rings (SSSR count). The highest BCUT2D eigenvalue weighted by atomic mass is 35.5. The number of nitrogens with two attached hydrogens (primary N) is 1. The maximum Gasteiger partial charge on any atom is 0.180 e. The van der Waals surface area contributed by atoms with Crippen molar-refractivity contribution in [2.45, 2.75) is 6.54 Å². The fraction of sp³-hybridized carbons (Fsp3) is 0.385. The molecule has 3 aromatic heterocycles. The van der Waals surface area contributed by atoms with Crippen LogP contribution in [-0.2, 0) is 6.54 Å². The van der Waals surface area contributed by atoms with Gasteiger partial charge in [0.1, 0.15) is 12.1 Å². The third-order valence-electron chi connectivity index (χ3n) is 3.79. The van der Waals surface area contributed by atoms with Gasteiger partial charge < -0.3 is 10.6 Å². The van der Waals surface area contributed by atoms with Crippen LogP contribution in [0.5, 0.6) is 0 Å². The van der Waals surface area contributed by atoms with Gasteiger partial charge in [-0.15, -0.1) is 39.0 Å². The third kappa shape index (κ3) is 3.36. The molecule has 0 spiro atoms. The van der Waals surface area contributed by atoms with Crippen molar-refractivity contribution in [2.24, 2.45) is 0 Å². The molecule has 2 N–H and O–H groups in total. The van der Waals surface area contributed by atoms with Gasteiger partial charge in [-0.25, -0.2) is 4.98 Å². The fourth-order valence-corrected chi connectivity index (χ4v) is 3.36. The number of hydrogen-bond donors (Lipinski definition) is 1. The maximum absolute atomic E-state index is 5.68. The summed E-state index contributed by atoms with van der Waals surface area (Å²) in [5.74, 6) is 0.967. The molecule has 0 aliphatic carbocycles. The Kier molecular flexibility index (Phi) is 4.60. The molecule has 0 aromatic carbocycles. The highest BCUT2D eigenvalue weighted by Crippen LogP contribution is 2.19. The van der Waals surface area contributed by atoms with Crippen LogP contribution in [0.15, 0.2) is 24.7 Å². The molecule has 0 bridgehead atoms. The van der Waals surface area contributed by atoms with Gasteiger partial charge >= 0.3 is 0 Å². The molecule has 0 atom stereocenters. The first-order valence-corrected chi connectivity index (χ1v) is 7.94. The molecular formula is C13H17ClN8S. The average molecular weight is 353 g/mol. The molecule has 1 aliphatic rings. The van der Waals surface area contributed by atoms with E-state index < -0.39 is 0 Å². The van der Waals surface area contributed by atoms with Gasteiger partial charge in [0.15, 0.2) is 10.8 Å². The summed E-state index contributed by atoms with van der Waals surface area (Å²) in [7, 11) is 0. The first kappa shape index (κ1) is 15.9. The first-order valence-electron chi connectivity index (χ1n) is 7.12. The van der Waals surface area contributed by atoms with Crippen molar-refractivity contribution in [3.63, 3.8) is 0 Å². The number of nitrogens with zero attached hydrogens (tertiary/aromatic N) is 7. The van der Waals surface area contributed by atoms with E-state index in [-0.39, 0.29) is 12.4 Å². The van der Waals surface area contributed by atoms with Crippen LogP contribution >= 0.6 is 23.7 Å². The van der Waals surface area contributed by atoms with E-state index in [9.17, 15) is 0 Å². The average Bonchev–Trinajstić information content (AvgIpc) is 3.16. The molecule has 23 heavy (non-hydrogen) atoms. The van der Waals surface area contributed by atoms with Crippen LogP contribution in [0.3, 0.4) is 0 Å². The summed E-state index contributed by atoms with van der Waals surface area (Å²) in [4.78, 5) is 10.0. The zero-order valence-corrected chi connectivity index (χ0v) is 14.0. The van der Waals surface area contributed by atoms with Gasteiger partial charge in [-0.2, -0.15) is 4.52 Å². The molecule has 4 heterocycles. The predicted octanol–water partition coefficient (Wildman–Crippen LogP) is 0.907. The predicted molar refractivity (Wildman–Crippen MR) is 92.0 cm³/mol. The van der Waals surface area contributed by atoms with E-state index in [1.54, 1.807) is 22.2 Å². The summed E-state index contributed by atoms with van der Waals surface area (Å²) >= 11 is 1.56. The van der Waals surface area contributed by atoms with E-state index >= 15 is 0 Å². The number of piperazine rings is 1. The monoisotopic (exact) mass is 352 g/mol. The topological polar surface area (TPSA) is 88.5 Å². The Bertz CT molecular complexity index is 779. The van der Waals surface area contributed by atoms with Crippen LogP contribution in [0, 0.1) is 0 Å². The minimum Gasteiger partial charge on any atom is -0.375 e. The third-order valence-corrected chi connectivity index (χ3v) is 4.61. The van der Waals surface area contributed by atoms with Crippen molar-refractivity contribution in [3.05, 3.63) is 29.5 Å². The summed E-state index contributed by atoms with van der Waals surface area (Å²) in [6, 6.07) is 3.95. The lowest BCUT2D eigenvalue weighted by Gasteiger charge is -2.34. The van der Waals surface area contributed by atoms with Gasteiger partial charge in [-0.3, -0.25) is 4.90 Å². The van der Waals surface area contributed by atoms with E-state index in [0.29, 0.717) is 5.13 Å². The maximum atomic E-state index is 5.68. The molecule has 1 aliphatic heterocycles. The number of hydrogen-bond acceptors (Lipinski definition) is 8. The molecule has 1 fully saturated rings. The lowest BCUT2D eigenvalue weighted by molar-refractivity contribution is 0.251. The number of nitrogen functional groups attached to an aromatic ring is 1. The van der Waals surface area contributed by atoms with Crippen LogP contribution in [0.1, 0.15) is 4.88 Å². The summed E-state index contributed by atoms with van der Waals surface area (Å²) in [6.45, 7) is 4.82. The molecule has 8 nitrogen and oxygen atoms in total. The van der Waals surface area contributed by atoms with E-state index in [1.165, 1.54) is 4.88 Å². The number of aromatic nitrogens is 5. The standard InChI is InChI=1S/C13H16N8S.ClH/c14-13-15-7-10(22-13)8-19-3-5-20(6-4-19)12-2-1-11-17-16-9-21(11)18-12;/h1-2,7,9H,3-6,8H2,(H2,14,15);1H. The van der Waals surface area contributed by atoms with E-state index in [1.807, 2.05) is 18.3 Å². The van der Waals surface area contributed by atoms with Crippen molar-refractivity contribution in [1.82, 2.24) is 29.7 Å². The highest BCUT2D eigenvalue weighted by Gasteiger charge is 2.19. The molecular weight excluding hydrogens is 336 g/mol. The molecule has 1 saturated heterocycles. The molecule has 0 saturated carbocycles. The Balaban J connectivity index is 0.00000156. The zero-order chi connectivity index (χ0) is 14.9. The zero-order valence-electron chi connectivity index (χ0n) is 12.4. The second-order valence-electron chi connectivity index (χ2n) is 5.25. The van der Waals surface area contributed by atoms with E-state index in [0.717, 1.165) is 44.2 Å². The van der Waals surface area contributed by atoms with Gasteiger partial charge in [0.2, 0.25) is 0 Å². The normalized spacial score (nSPS) is 15.7. The molecule has 0 amide bonds. The van der Waals surface area contributed by atoms with Gasteiger partial charge in [0.05, 0.1) is 0 Å². The van der Waals surface area contributed by atoms with E-state index in [2.05, 4.69) is 30.1 Å². The highest BCUT2D eigenvalue weighted by molar-refractivity contribution is 7.15. The SMILES string of the molecule is Cl.Nc1ncc(CN2CCN(c3ccc4nncn4n3)CC2)s1. The van der Waals surface area contributed by atoms with E-state index in [4.69, 9.17) is 5.73 Å². The number of halogens is 1. The van der Waals surface area contributed by atoms with Crippen LogP contribution in [0.2, 0.25) is 0 Å². The van der Waals surface area contributed by atoms with Crippen LogP contribution in [-0.4, -0.2) is 55.9 Å². The lowest BCUT2D eigenvalue weighted by atomic mass is 10.3. The quantitative estimate of drug-likeness (QED) is 0.749. The number of thiazole rings is 1. The summed E-state index contributed by atoms with van der Waals surface area (Å²) < 4.78 is 1.71. The smallest absolute Gasteiger partial charge is 0.180 e. The van der Waals surface area contributed by atoms with Gasteiger partial charge in [0.25, 0.3) is 0 Å². The minimum absolute atomic E-state index is 0. The fourth-order valence-electron chi connectivity index (χ4n) is 2.64. The second kappa shape index (κ2) is 6.65. The van der Waals surface area contributed by atoms with Gasteiger partial charge in [-0.1, -0.05) is 0 Å².